The van der Waals surface area contributed by atoms with Crippen molar-refractivity contribution in [1.82, 2.24) is 4.90 Å². The van der Waals surface area contributed by atoms with Crippen LogP contribution >= 0.6 is 0 Å². The molecule has 88 valence electrons. The second kappa shape index (κ2) is 5.00. The van der Waals surface area contributed by atoms with Crippen molar-refractivity contribution in [2.24, 2.45) is 23.7 Å². The zero-order valence-electron chi connectivity index (χ0n) is 10.8. The summed E-state index contributed by atoms with van der Waals surface area (Å²) < 4.78 is 0. The molecule has 1 saturated heterocycles. The van der Waals surface area contributed by atoms with Crippen LogP contribution in [0.2, 0.25) is 0 Å². The van der Waals surface area contributed by atoms with Crippen LogP contribution in [-0.2, 0) is 4.79 Å². The number of likely N-dealkylation sites (tertiary alicyclic amines) is 1. The van der Waals surface area contributed by atoms with E-state index < -0.39 is 0 Å². The van der Waals surface area contributed by atoms with Crippen molar-refractivity contribution in [1.29, 1.82) is 0 Å². The summed E-state index contributed by atoms with van der Waals surface area (Å²) in [4.78, 5) is 14.0. The summed E-state index contributed by atoms with van der Waals surface area (Å²) in [7, 11) is 0. The first-order valence-corrected chi connectivity index (χ1v) is 6.20. The number of amides is 1. The Balaban J connectivity index is 2.63. The smallest absolute Gasteiger partial charge is 0.225 e. The number of carbonyl (C=O) groups is 1. The summed E-state index contributed by atoms with van der Waals surface area (Å²) in [6.07, 6.45) is 1.28. The Kier molecular flexibility index (Phi) is 4.18. The highest BCUT2D eigenvalue weighted by Crippen LogP contribution is 2.27. The van der Waals surface area contributed by atoms with Gasteiger partial charge in [-0.1, -0.05) is 34.6 Å². The van der Waals surface area contributed by atoms with Gasteiger partial charge in [-0.25, -0.2) is 0 Å². The predicted molar refractivity (Wildman–Crippen MR) is 63.5 cm³/mol. The first kappa shape index (κ1) is 12.5. The highest BCUT2D eigenvalue weighted by molar-refractivity contribution is 5.78. The summed E-state index contributed by atoms with van der Waals surface area (Å²) in [5.74, 6) is 2.51. The fraction of sp³-hybridized carbons (Fsp3) is 0.923. The lowest BCUT2D eigenvalue weighted by Crippen LogP contribution is -2.46. The minimum Gasteiger partial charge on any atom is -0.342 e. The number of nitrogens with zero attached hydrogens (tertiary/aromatic N) is 1. The van der Waals surface area contributed by atoms with Crippen molar-refractivity contribution in [3.8, 4) is 0 Å². The molecule has 1 fully saturated rings. The van der Waals surface area contributed by atoms with Gasteiger partial charge >= 0.3 is 0 Å². The second-order valence-corrected chi connectivity index (χ2v) is 5.74. The van der Waals surface area contributed by atoms with E-state index in [0.29, 0.717) is 23.7 Å². The summed E-state index contributed by atoms with van der Waals surface area (Å²) >= 11 is 0. The van der Waals surface area contributed by atoms with Crippen molar-refractivity contribution in [3.05, 3.63) is 0 Å². The normalized spacial score (nSPS) is 27.5. The van der Waals surface area contributed by atoms with Crippen molar-refractivity contribution in [2.75, 3.05) is 13.1 Å². The largest absolute Gasteiger partial charge is 0.342 e. The topological polar surface area (TPSA) is 20.3 Å². The SMILES string of the molecule is CC(C)C(=O)N1CC(C(C)C)C[C@@H](C)C1. The third kappa shape index (κ3) is 3.22. The maximum absolute atomic E-state index is 11.9. The molecule has 1 amide bonds. The number of rotatable bonds is 2. The van der Waals surface area contributed by atoms with Gasteiger partial charge in [-0.2, -0.15) is 0 Å². The Labute approximate surface area is 94.0 Å². The Morgan fingerprint density at radius 1 is 1.20 bits per heavy atom. The third-order valence-electron chi connectivity index (χ3n) is 3.44. The van der Waals surface area contributed by atoms with Gasteiger partial charge < -0.3 is 4.90 Å². The summed E-state index contributed by atoms with van der Waals surface area (Å²) in [6, 6.07) is 0. The van der Waals surface area contributed by atoms with Crippen LogP contribution < -0.4 is 0 Å². The average molecular weight is 211 g/mol. The van der Waals surface area contributed by atoms with Crippen molar-refractivity contribution < 1.29 is 4.79 Å². The van der Waals surface area contributed by atoms with Crippen molar-refractivity contribution in [3.63, 3.8) is 0 Å². The van der Waals surface area contributed by atoms with Gasteiger partial charge in [0.05, 0.1) is 0 Å². The van der Waals surface area contributed by atoms with E-state index in [1.165, 1.54) is 6.42 Å². The Morgan fingerprint density at radius 2 is 1.80 bits per heavy atom. The Hall–Kier alpha value is -0.530. The summed E-state index contributed by atoms with van der Waals surface area (Å²) in [6.45, 7) is 12.7. The minimum absolute atomic E-state index is 0.142. The van der Waals surface area contributed by atoms with Crippen molar-refractivity contribution in [2.45, 2.75) is 41.0 Å². The molecule has 0 bridgehead atoms. The molecule has 0 saturated carbocycles. The molecule has 2 nitrogen and oxygen atoms in total. The molecule has 1 aliphatic rings. The van der Waals surface area contributed by atoms with Gasteiger partial charge in [-0.3, -0.25) is 4.79 Å². The number of hydrogen-bond acceptors (Lipinski definition) is 1. The van der Waals surface area contributed by atoms with E-state index in [1.807, 2.05) is 13.8 Å². The number of piperidine rings is 1. The summed E-state index contributed by atoms with van der Waals surface area (Å²) in [5.41, 5.74) is 0. The lowest BCUT2D eigenvalue weighted by molar-refractivity contribution is -0.137. The third-order valence-corrected chi connectivity index (χ3v) is 3.44. The monoisotopic (exact) mass is 211 g/mol. The second-order valence-electron chi connectivity index (χ2n) is 5.74. The average Bonchev–Trinajstić information content (AvgIpc) is 2.15. The van der Waals surface area contributed by atoms with Crippen LogP contribution in [0, 0.1) is 23.7 Å². The predicted octanol–water partition coefficient (Wildman–Crippen LogP) is 2.78. The lowest BCUT2D eigenvalue weighted by atomic mass is 9.83. The molecule has 0 radical (unpaired) electrons. The van der Waals surface area contributed by atoms with Crippen LogP contribution in [0.5, 0.6) is 0 Å². The van der Waals surface area contributed by atoms with Crippen LogP contribution in [0.4, 0.5) is 0 Å². The zero-order chi connectivity index (χ0) is 11.6. The quantitative estimate of drug-likeness (QED) is 0.688. The Morgan fingerprint density at radius 3 is 2.27 bits per heavy atom. The van der Waals surface area contributed by atoms with E-state index in [2.05, 4.69) is 25.7 Å². The standard InChI is InChI=1S/C13H25NO/c1-9(2)12-6-11(5)7-14(8-12)13(15)10(3)4/h9-12H,6-8H2,1-5H3/t11-,12?/m1/s1. The van der Waals surface area contributed by atoms with E-state index in [9.17, 15) is 4.79 Å². The fourth-order valence-corrected chi connectivity index (χ4v) is 2.43. The molecule has 1 rings (SSSR count). The van der Waals surface area contributed by atoms with Crippen LogP contribution in [0.3, 0.4) is 0 Å². The first-order chi connectivity index (χ1) is 6.91. The first-order valence-electron chi connectivity index (χ1n) is 6.20. The van der Waals surface area contributed by atoms with Gasteiger partial charge in [0.1, 0.15) is 0 Å². The van der Waals surface area contributed by atoms with Gasteiger partial charge in [0, 0.05) is 19.0 Å². The zero-order valence-corrected chi connectivity index (χ0v) is 10.8. The Bertz CT molecular complexity index is 223. The van der Waals surface area contributed by atoms with Crippen LogP contribution in [0.25, 0.3) is 0 Å². The summed E-state index contributed by atoms with van der Waals surface area (Å²) in [5, 5.41) is 0. The molecule has 1 unspecified atom stereocenters. The molecule has 15 heavy (non-hydrogen) atoms. The molecule has 0 aromatic heterocycles. The number of carbonyl (C=O) groups excluding carboxylic acids is 1. The van der Waals surface area contributed by atoms with E-state index in [0.717, 1.165) is 13.1 Å². The number of hydrogen-bond donors (Lipinski definition) is 0. The molecular weight excluding hydrogens is 186 g/mol. The van der Waals surface area contributed by atoms with E-state index in [4.69, 9.17) is 0 Å². The maximum Gasteiger partial charge on any atom is 0.225 e. The molecule has 2 heteroatoms. The van der Waals surface area contributed by atoms with Gasteiger partial charge in [0.15, 0.2) is 0 Å². The highest BCUT2D eigenvalue weighted by atomic mass is 16.2. The van der Waals surface area contributed by atoms with Crippen LogP contribution in [0.15, 0.2) is 0 Å². The molecule has 0 N–H and O–H groups in total. The lowest BCUT2D eigenvalue weighted by Gasteiger charge is -2.39. The molecular formula is C13H25NO. The molecule has 1 aliphatic heterocycles. The maximum atomic E-state index is 11.9. The molecule has 2 atom stereocenters. The van der Waals surface area contributed by atoms with Gasteiger partial charge in [0.25, 0.3) is 0 Å². The van der Waals surface area contributed by atoms with Crippen LogP contribution in [0.1, 0.15) is 41.0 Å². The molecule has 0 aromatic carbocycles. The minimum atomic E-state index is 0.142. The van der Waals surface area contributed by atoms with Gasteiger partial charge in [-0.05, 0) is 24.2 Å². The van der Waals surface area contributed by atoms with E-state index in [1.54, 1.807) is 0 Å². The van der Waals surface area contributed by atoms with Crippen LogP contribution in [-0.4, -0.2) is 23.9 Å². The fourth-order valence-electron chi connectivity index (χ4n) is 2.43. The molecule has 0 aliphatic carbocycles. The molecule has 1 heterocycles. The highest BCUT2D eigenvalue weighted by Gasteiger charge is 2.30. The van der Waals surface area contributed by atoms with E-state index >= 15 is 0 Å². The van der Waals surface area contributed by atoms with Gasteiger partial charge in [0.2, 0.25) is 5.91 Å². The van der Waals surface area contributed by atoms with E-state index in [-0.39, 0.29) is 5.92 Å². The van der Waals surface area contributed by atoms with Gasteiger partial charge in [-0.15, -0.1) is 0 Å². The molecule has 0 spiro atoms. The molecule has 0 aromatic rings. The van der Waals surface area contributed by atoms with Crippen molar-refractivity contribution >= 4 is 5.91 Å².